The molecule has 3 rings (SSSR count). The molecule has 0 radical (unpaired) electrons. The lowest BCUT2D eigenvalue weighted by atomic mass is 9.86. The Labute approximate surface area is 183 Å². The number of carbonyl (C=O) groups excluding carboxylic acids is 1. The molecule has 0 aromatic heterocycles. The third kappa shape index (κ3) is 5.88. The van der Waals surface area contributed by atoms with E-state index < -0.39 is 0 Å². The minimum Gasteiger partial charge on any atom is -0.490 e. The summed E-state index contributed by atoms with van der Waals surface area (Å²) in [5, 5.41) is 1.52. The van der Waals surface area contributed by atoms with E-state index in [-0.39, 0.29) is 23.2 Å². The van der Waals surface area contributed by atoms with Crippen molar-refractivity contribution in [2.45, 2.75) is 51.6 Å². The molecule has 1 aliphatic heterocycles. The van der Waals surface area contributed by atoms with Crippen molar-refractivity contribution in [1.82, 2.24) is 4.90 Å². The Morgan fingerprint density at radius 3 is 2.52 bits per heavy atom. The first-order chi connectivity index (χ1) is 14.6. The monoisotopic (exact) mass is 428 g/mol. The molecular weight excluding hydrogens is 395 g/mol. The number of hydrogen-bond donors (Lipinski definition) is 2. The van der Waals surface area contributed by atoms with Gasteiger partial charge < -0.3 is 20.4 Å². The third-order valence-corrected chi connectivity index (χ3v) is 5.65. The first kappa shape index (κ1) is 22.9. The van der Waals surface area contributed by atoms with E-state index in [0.717, 1.165) is 29.8 Å². The predicted octanol–water partition coefficient (Wildman–Crippen LogP) is 3.85. The standard InChI is InChI=1S/C24H33FN4O2/c1-24(2,3)19-16-17(25)8-9-22(19)31-18-10-13-28(14-11-18)23(30)12-15-29(27)21-7-5-4-6-20(21)26/h4-9,16,18H,10-15,26-27H2,1-3H3. The third-order valence-electron chi connectivity index (χ3n) is 5.65. The number of rotatable bonds is 6. The number of likely N-dealkylation sites (tertiary alicyclic amines) is 1. The van der Waals surface area contributed by atoms with E-state index in [1.807, 2.05) is 43.9 Å². The van der Waals surface area contributed by atoms with Crippen molar-refractivity contribution in [2.75, 3.05) is 30.4 Å². The summed E-state index contributed by atoms with van der Waals surface area (Å²) in [5.74, 6) is 6.61. The van der Waals surface area contributed by atoms with Gasteiger partial charge in [-0.2, -0.15) is 0 Å². The maximum Gasteiger partial charge on any atom is 0.224 e. The van der Waals surface area contributed by atoms with Crippen molar-refractivity contribution in [2.24, 2.45) is 5.84 Å². The summed E-state index contributed by atoms with van der Waals surface area (Å²) in [5.41, 5.74) is 7.89. The molecule has 0 atom stereocenters. The molecule has 2 aromatic rings. The number of carbonyl (C=O) groups is 1. The van der Waals surface area contributed by atoms with Crippen molar-refractivity contribution in [1.29, 1.82) is 0 Å². The average Bonchev–Trinajstić information content (AvgIpc) is 2.73. The lowest BCUT2D eigenvalue weighted by molar-refractivity contribution is -0.132. The lowest BCUT2D eigenvalue weighted by Gasteiger charge is -2.34. The van der Waals surface area contributed by atoms with Gasteiger partial charge in [-0.1, -0.05) is 32.9 Å². The van der Waals surface area contributed by atoms with Gasteiger partial charge in [-0.25, -0.2) is 10.2 Å². The summed E-state index contributed by atoms with van der Waals surface area (Å²) in [6.45, 7) is 7.79. The Hall–Kier alpha value is -2.80. The summed E-state index contributed by atoms with van der Waals surface area (Å²) >= 11 is 0. The maximum absolute atomic E-state index is 13.7. The highest BCUT2D eigenvalue weighted by Gasteiger charge is 2.26. The van der Waals surface area contributed by atoms with Gasteiger partial charge in [0, 0.05) is 44.5 Å². The lowest BCUT2D eigenvalue weighted by Crippen LogP contribution is -2.43. The molecule has 7 heteroatoms. The second-order valence-electron chi connectivity index (χ2n) is 9.09. The van der Waals surface area contributed by atoms with E-state index in [0.29, 0.717) is 31.7 Å². The molecule has 4 N–H and O–H groups in total. The Morgan fingerprint density at radius 2 is 1.87 bits per heavy atom. The average molecular weight is 429 g/mol. The molecule has 0 aliphatic carbocycles. The van der Waals surface area contributed by atoms with Crippen LogP contribution in [0.2, 0.25) is 0 Å². The highest BCUT2D eigenvalue weighted by molar-refractivity contribution is 5.77. The van der Waals surface area contributed by atoms with Crippen LogP contribution in [0.3, 0.4) is 0 Å². The molecule has 1 amide bonds. The minimum absolute atomic E-state index is 0.00531. The summed E-state index contributed by atoms with van der Waals surface area (Å²) in [6.07, 6.45) is 1.81. The molecule has 0 saturated carbocycles. The molecule has 0 unspecified atom stereocenters. The highest BCUT2D eigenvalue weighted by Crippen LogP contribution is 2.33. The van der Waals surface area contributed by atoms with Crippen LogP contribution in [0.25, 0.3) is 0 Å². The van der Waals surface area contributed by atoms with E-state index in [9.17, 15) is 9.18 Å². The zero-order valence-electron chi connectivity index (χ0n) is 18.6. The number of nitrogens with zero attached hydrogens (tertiary/aromatic N) is 2. The summed E-state index contributed by atoms with van der Waals surface area (Å²) in [6, 6.07) is 12.0. The fourth-order valence-electron chi connectivity index (χ4n) is 3.84. The summed E-state index contributed by atoms with van der Waals surface area (Å²) in [4.78, 5) is 14.5. The van der Waals surface area contributed by atoms with E-state index >= 15 is 0 Å². The maximum atomic E-state index is 13.7. The van der Waals surface area contributed by atoms with Crippen molar-refractivity contribution in [3.63, 3.8) is 0 Å². The fourth-order valence-corrected chi connectivity index (χ4v) is 3.84. The number of ether oxygens (including phenoxy) is 1. The van der Waals surface area contributed by atoms with Crippen molar-refractivity contribution in [3.05, 3.63) is 53.8 Å². The van der Waals surface area contributed by atoms with E-state index in [1.165, 1.54) is 11.1 Å². The van der Waals surface area contributed by atoms with Crippen LogP contribution in [0.1, 0.15) is 45.6 Å². The van der Waals surface area contributed by atoms with Gasteiger partial charge in [0.2, 0.25) is 5.91 Å². The molecule has 1 saturated heterocycles. The first-order valence-corrected chi connectivity index (χ1v) is 10.8. The van der Waals surface area contributed by atoms with E-state index in [2.05, 4.69) is 0 Å². The number of hydrazine groups is 1. The van der Waals surface area contributed by atoms with Gasteiger partial charge >= 0.3 is 0 Å². The van der Waals surface area contributed by atoms with Crippen LogP contribution in [0.5, 0.6) is 5.75 Å². The van der Waals surface area contributed by atoms with Gasteiger partial charge in [-0.15, -0.1) is 0 Å². The molecule has 1 fully saturated rings. The van der Waals surface area contributed by atoms with Gasteiger partial charge in [0.05, 0.1) is 11.4 Å². The molecule has 1 aliphatic rings. The van der Waals surface area contributed by atoms with Crippen LogP contribution in [0.4, 0.5) is 15.8 Å². The number of amides is 1. The summed E-state index contributed by atoms with van der Waals surface area (Å²) < 4.78 is 20.0. The number of piperidine rings is 1. The largest absolute Gasteiger partial charge is 0.490 e. The summed E-state index contributed by atoms with van der Waals surface area (Å²) in [7, 11) is 0. The topological polar surface area (TPSA) is 84.8 Å². The Balaban J connectivity index is 1.51. The van der Waals surface area contributed by atoms with E-state index in [1.54, 1.807) is 18.2 Å². The quantitative estimate of drug-likeness (QED) is 0.415. The van der Waals surface area contributed by atoms with E-state index in [4.69, 9.17) is 16.3 Å². The van der Waals surface area contributed by atoms with Crippen LogP contribution in [-0.2, 0) is 10.2 Å². The molecule has 168 valence electrons. The van der Waals surface area contributed by atoms with Crippen LogP contribution in [0.15, 0.2) is 42.5 Å². The number of nitrogen functional groups attached to an aromatic ring is 1. The normalized spacial score (nSPS) is 15.1. The second kappa shape index (κ2) is 9.56. The number of nitrogens with two attached hydrogens (primary N) is 2. The van der Waals surface area contributed by atoms with Gasteiger partial charge in [-0.3, -0.25) is 4.79 Å². The Bertz CT molecular complexity index is 905. The van der Waals surface area contributed by atoms with Gasteiger partial charge in [-0.05, 0) is 35.7 Å². The number of hydrogen-bond acceptors (Lipinski definition) is 5. The number of anilines is 2. The van der Waals surface area contributed by atoms with Crippen LogP contribution in [-0.4, -0.2) is 36.5 Å². The zero-order chi connectivity index (χ0) is 22.6. The molecule has 0 spiro atoms. The fraction of sp³-hybridized carbons (Fsp3) is 0.458. The van der Waals surface area contributed by atoms with Crippen LogP contribution < -0.4 is 21.3 Å². The van der Waals surface area contributed by atoms with Gasteiger partial charge in [0.15, 0.2) is 0 Å². The Kier molecular flexibility index (Phi) is 7.05. The molecule has 31 heavy (non-hydrogen) atoms. The van der Waals surface area contributed by atoms with Crippen molar-refractivity contribution >= 4 is 17.3 Å². The predicted molar refractivity (Wildman–Crippen MR) is 122 cm³/mol. The SMILES string of the molecule is CC(C)(C)c1cc(F)ccc1OC1CCN(C(=O)CCN(N)c2ccccc2N)CC1. The number of halogens is 1. The van der Waals surface area contributed by atoms with Gasteiger partial charge in [0.1, 0.15) is 17.7 Å². The molecule has 6 nitrogen and oxygen atoms in total. The first-order valence-electron chi connectivity index (χ1n) is 10.8. The molecule has 2 aromatic carbocycles. The smallest absolute Gasteiger partial charge is 0.224 e. The number of para-hydroxylation sites is 2. The zero-order valence-corrected chi connectivity index (χ0v) is 18.6. The molecule has 1 heterocycles. The van der Waals surface area contributed by atoms with Gasteiger partial charge in [0.25, 0.3) is 0 Å². The molecule has 0 bridgehead atoms. The van der Waals surface area contributed by atoms with Crippen LogP contribution in [0, 0.1) is 5.82 Å². The second-order valence-corrected chi connectivity index (χ2v) is 9.09. The minimum atomic E-state index is -0.260. The van der Waals surface area contributed by atoms with Crippen molar-refractivity contribution in [3.8, 4) is 5.75 Å². The Morgan fingerprint density at radius 1 is 1.19 bits per heavy atom. The number of benzene rings is 2. The molecular formula is C24H33FN4O2. The van der Waals surface area contributed by atoms with Crippen molar-refractivity contribution < 1.29 is 13.9 Å². The van der Waals surface area contributed by atoms with Crippen LogP contribution >= 0.6 is 0 Å². The highest BCUT2D eigenvalue weighted by atomic mass is 19.1.